The van der Waals surface area contributed by atoms with Gasteiger partial charge in [-0.25, -0.2) is 0 Å². The van der Waals surface area contributed by atoms with E-state index in [-0.39, 0.29) is 11.8 Å². The summed E-state index contributed by atoms with van der Waals surface area (Å²) in [5.74, 6) is -0.150. The van der Waals surface area contributed by atoms with E-state index in [1.165, 1.54) is 6.92 Å². The number of carbonyl (C=O) groups is 2. The van der Waals surface area contributed by atoms with Crippen molar-refractivity contribution in [2.24, 2.45) is 0 Å². The zero-order valence-electron chi connectivity index (χ0n) is 13.7. The Balaban J connectivity index is 1.77. The first kappa shape index (κ1) is 18.0. The topological polar surface area (TPSA) is 70.2 Å². The standard InChI is InChI=1S/C18H20BrN3O2/c1-12-3-4-16(11-17(12)19)22-18(24)9-10-20-14-5-7-15(8-6-14)21-13(2)23/h3-8,11,20H,9-10H2,1-2H3,(H,21,23)(H,22,24). The van der Waals surface area contributed by atoms with Gasteiger partial charge in [0.05, 0.1) is 0 Å². The maximum absolute atomic E-state index is 12.0. The Hall–Kier alpha value is -2.34. The predicted molar refractivity (Wildman–Crippen MR) is 101 cm³/mol. The van der Waals surface area contributed by atoms with Crippen LogP contribution in [0.25, 0.3) is 0 Å². The third-order valence-corrected chi connectivity index (χ3v) is 4.20. The van der Waals surface area contributed by atoms with Crippen LogP contribution in [0.3, 0.4) is 0 Å². The van der Waals surface area contributed by atoms with Gasteiger partial charge in [0, 0.05) is 41.4 Å². The van der Waals surface area contributed by atoms with Crippen molar-refractivity contribution in [2.75, 3.05) is 22.5 Å². The van der Waals surface area contributed by atoms with Crippen molar-refractivity contribution >= 4 is 44.8 Å². The van der Waals surface area contributed by atoms with Crippen LogP contribution in [0, 0.1) is 6.92 Å². The first-order chi connectivity index (χ1) is 11.4. The molecule has 126 valence electrons. The summed E-state index contributed by atoms with van der Waals surface area (Å²) in [4.78, 5) is 22.9. The molecule has 0 saturated carbocycles. The Morgan fingerprint density at radius 2 is 1.58 bits per heavy atom. The minimum absolute atomic E-state index is 0.0480. The van der Waals surface area contributed by atoms with Crippen LogP contribution in [0.1, 0.15) is 18.9 Å². The van der Waals surface area contributed by atoms with E-state index in [9.17, 15) is 9.59 Å². The van der Waals surface area contributed by atoms with Crippen molar-refractivity contribution in [2.45, 2.75) is 20.3 Å². The lowest BCUT2D eigenvalue weighted by atomic mass is 10.2. The fourth-order valence-corrected chi connectivity index (χ4v) is 2.47. The Bertz CT molecular complexity index is 730. The molecule has 0 saturated heterocycles. The Morgan fingerprint density at radius 3 is 2.21 bits per heavy atom. The molecule has 2 rings (SSSR count). The first-order valence-electron chi connectivity index (χ1n) is 7.61. The summed E-state index contributed by atoms with van der Waals surface area (Å²) in [6, 6.07) is 13.1. The molecule has 2 amide bonds. The summed E-state index contributed by atoms with van der Waals surface area (Å²) in [5.41, 5.74) is 3.54. The molecule has 0 spiro atoms. The highest BCUT2D eigenvalue weighted by atomic mass is 79.9. The molecule has 0 fully saturated rings. The molecule has 24 heavy (non-hydrogen) atoms. The van der Waals surface area contributed by atoms with Gasteiger partial charge in [0.15, 0.2) is 0 Å². The highest BCUT2D eigenvalue weighted by Gasteiger charge is 2.04. The maximum Gasteiger partial charge on any atom is 0.226 e. The molecule has 0 atom stereocenters. The Morgan fingerprint density at radius 1 is 0.958 bits per heavy atom. The minimum Gasteiger partial charge on any atom is -0.385 e. The van der Waals surface area contributed by atoms with Gasteiger partial charge in [-0.3, -0.25) is 9.59 Å². The van der Waals surface area contributed by atoms with E-state index in [1.807, 2.05) is 49.4 Å². The van der Waals surface area contributed by atoms with E-state index >= 15 is 0 Å². The Kier molecular flexibility index (Phi) is 6.37. The monoisotopic (exact) mass is 389 g/mol. The lowest BCUT2D eigenvalue weighted by Crippen LogP contribution is -2.16. The molecular formula is C18H20BrN3O2. The van der Waals surface area contributed by atoms with Gasteiger partial charge in [0.1, 0.15) is 0 Å². The molecule has 0 aliphatic rings. The number of amides is 2. The minimum atomic E-state index is -0.102. The molecule has 0 bridgehead atoms. The summed E-state index contributed by atoms with van der Waals surface area (Å²) in [6.07, 6.45) is 0.360. The van der Waals surface area contributed by atoms with Crippen molar-refractivity contribution in [3.8, 4) is 0 Å². The van der Waals surface area contributed by atoms with Gasteiger partial charge in [-0.15, -0.1) is 0 Å². The summed E-state index contributed by atoms with van der Waals surface area (Å²) < 4.78 is 0.970. The second-order valence-corrected chi connectivity index (χ2v) is 6.30. The summed E-state index contributed by atoms with van der Waals surface area (Å²) >= 11 is 3.45. The molecule has 6 heteroatoms. The average molecular weight is 390 g/mol. The zero-order chi connectivity index (χ0) is 17.5. The number of carbonyl (C=O) groups excluding carboxylic acids is 2. The van der Waals surface area contributed by atoms with Gasteiger partial charge < -0.3 is 16.0 Å². The van der Waals surface area contributed by atoms with Crippen LogP contribution in [-0.4, -0.2) is 18.4 Å². The van der Waals surface area contributed by atoms with E-state index in [2.05, 4.69) is 31.9 Å². The van der Waals surface area contributed by atoms with E-state index in [0.717, 1.165) is 27.1 Å². The summed E-state index contributed by atoms with van der Waals surface area (Å²) in [7, 11) is 0. The third-order valence-electron chi connectivity index (χ3n) is 3.34. The van der Waals surface area contributed by atoms with Crippen LogP contribution in [0.5, 0.6) is 0 Å². The van der Waals surface area contributed by atoms with Crippen molar-refractivity contribution in [1.82, 2.24) is 0 Å². The van der Waals surface area contributed by atoms with Gasteiger partial charge in [-0.05, 0) is 48.9 Å². The smallest absolute Gasteiger partial charge is 0.226 e. The molecule has 0 heterocycles. The molecule has 3 N–H and O–H groups in total. The lowest BCUT2D eigenvalue weighted by Gasteiger charge is -2.09. The number of hydrogen-bond acceptors (Lipinski definition) is 3. The van der Waals surface area contributed by atoms with E-state index in [0.29, 0.717) is 13.0 Å². The molecule has 5 nitrogen and oxygen atoms in total. The second kappa shape index (κ2) is 8.49. The van der Waals surface area contributed by atoms with Gasteiger partial charge in [-0.1, -0.05) is 22.0 Å². The number of hydrogen-bond donors (Lipinski definition) is 3. The molecule has 0 radical (unpaired) electrons. The van der Waals surface area contributed by atoms with Crippen LogP contribution >= 0.6 is 15.9 Å². The van der Waals surface area contributed by atoms with Crippen LogP contribution < -0.4 is 16.0 Å². The highest BCUT2D eigenvalue weighted by Crippen LogP contribution is 2.20. The zero-order valence-corrected chi connectivity index (χ0v) is 15.2. The second-order valence-electron chi connectivity index (χ2n) is 5.45. The van der Waals surface area contributed by atoms with Crippen molar-refractivity contribution in [1.29, 1.82) is 0 Å². The van der Waals surface area contributed by atoms with E-state index in [1.54, 1.807) is 0 Å². The molecule has 0 aliphatic heterocycles. The van der Waals surface area contributed by atoms with Crippen LogP contribution in [0.15, 0.2) is 46.9 Å². The number of nitrogens with one attached hydrogen (secondary N) is 3. The Labute approximate surface area is 150 Å². The third kappa shape index (κ3) is 5.70. The van der Waals surface area contributed by atoms with Crippen molar-refractivity contribution in [3.05, 3.63) is 52.5 Å². The van der Waals surface area contributed by atoms with Crippen molar-refractivity contribution < 1.29 is 9.59 Å². The number of aryl methyl sites for hydroxylation is 1. The van der Waals surface area contributed by atoms with Gasteiger partial charge in [0.25, 0.3) is 0 Å². The summed E-state index contributed by atoms with van der Waals surface area (Å²) in [6.45, 7) is 3.99. The molecular weight excluding hydrogens is 370 g/mol. The van der Waals surface area contributed by atoms with Gasteiger partial charge in [0.2, 0.25) is 11.8 Å². The highest BCUT2D eigenvalue weighted by molar-refractivity contribution is 9.10. The number of rotatable bonds is 6. The van der Waals surface area contributed by atoms with E-state index < -0.39 is 0 Å². The fourth-order valence-electron chi connectivity index (χ4n) is 2.09. The average Bonchev–Trinajstić information content (AvgIpc) is 2.52. The van der Waals surface area contributed by atoms with Crippen LogP contribution in [0.2, 0.25) is 0 Å². The SMILES string of the molecule is CC(=O)Nc1ccc(NCCC(=O)Nc2ccc(C)c(Br)c2)cc1. The van der Waals surface area contributed by atoms with E-state index in [4.69, 9.17) is 0 Å². The molecule has 2 aromatic carbocycles. The largest absolute Gasteiger partial charge is 0.385 e. The first-order valence-corrected chi connectivity index (χ1v) is 8.41. The molecule has 0 unspecified atom stereocenters. The number of benzene rings is 2. The van der Waals surface area contributed by atoms with Crippen molar-refractivity contribution in [3.63, 3.8) is 0 Å². The molecule has 2 aromatic rings. The van der Waals surface area contributed by atoms with Gasteiger partial charge in [-0.2, -0.15) is 0 Å². The van der Waals surface area contributed by atoms with Crippen LogP contribution in [-0.2, 0) is 9.59 Å². The predicted octanol–water partition coefficient (Wildman–Crippen LogP) is 4.16. The quantitative estimate of drug-likeness (QED) is 0.694. The number of anilines is 3. The van der Waals surface area contributed by atoms with Crippen LogP contribution in [0.4, 0.5) is 17.1 Å². The molecule has 0 aliphatic carbocycles. The fraction of sp³-hybridized carbons (Fsp3) is 0.222. The maximum atomic E-state index is 12.0. The number of halogens is 1. The normalized spacial score (nSPS) is 10.1. The summed E-state index contributed by atoms with van der Waals surface area (Å²) in [5, 5.41) is 8.76. The lowest BCUT2D eigenvalue weighted by molar-refractivity contribution is -0.116. The van der Waals surface area contributed by atoms with Gasteiger partial charge >= 0.3 is 0 Å². The molecule has 0 aromatic heterocycles.